The predicted octanol–water partition coefficient (Wildman–Crippen LogP) is 5.47. The summed E-state index contributed by atoms with van der Waals surface area (Å²) in [6, 6.07) is 31.1. The van der Waals surface area contributed by atoms with E-state index < -0.39 is 6.29 Å². The van der Waals surface area contributed by atoms with Crippen molar-refractivity contribution in [3.63, 3.8) is 0 Å². The number of benzene rings is 4. The van der Waals surface area contributed by atoms with E-state index in [4.69, 9.17) is 15.2 Å². The molecule has 0 aliphatic carbocycles. The van der Waals surface area contributed by atoms with Gasteiger partial charge in [-0.25, -0.2) is 0 Å². The van der Waals surface area contributed by atoms with Gasteiger partial charge in [0, 0.05) is 51.0 Å². The smallest absolute Gasteiger partial charge is 0.224 e. The molecule has 2 aliphatic rings. The molecule has 10 nitrogen and oxygen atoms in total. The molecule has 4 aromatic carbocycles. The molecule has 10 heteroatoms. The number of likely N-dealkylation sites (tertiary alicyclic amines) is 1. The summed E-state index contributed by atoms with van der Waals surface area (Å²) in [7, 11) is 0. The molecular formula is C40H46N4O6. The lowest BCUT2D eigenvalue weighted by atomic mass is 9.97. The summed E-state index contributed by atoms with van der Waals surface area (Å²) in [5, 5.41) is 25.4. The van der Waals surface area contributed by atoms with Crippen LogP contribution in [-0.4, -0.2) is 58.8 Å². The maximum atomic E-state index is 12.7. The molecule has 2 aliphatic heterocycles. The highest BCUT2D eigenvalue weighted by molar-refractivity contribution is 5.94. The maximum Gasteiger partial charge on any atom is 0.224 e. The van der Waals surface area contributed by atoms with Gasteiger partial charge in [0.05, 0.1) is 36.3 Å². The van der Waals surface area contributed by atoms with Crippen molar-refractivity contribution < 1.29 is 29.3 Å². The number of carbonyl (C=O) groups is 2. The highest BCUT2D eigenvalue weighted by Crippen LogP contribution is 2.39. The number of ether oxygens (including phenoxy) is 2. The number of para-hydroxylation sites is 2. The average Bonchev–Trinajstić information content (AvgIpc) is 3.55. The average molecular weight is 679 g/mol. The Bertz CT molecular complexity index is 1730. The van der Waals surface area contributed by atoms with Crippen LogP contribution in [-0.2, 0) is 32.2 Å². The second-order valence-electron chi connectivity index (χ2n) is 13.1. The third-order valence-electron chi connectivity index (χ3n) is 9.35. The van der Waals surface area contributed by atoms with E-state index in [1.807, 2.05) is 72.8 Å². The van der Waals surface area contributed by atoms with E-state index in [1.54, 1.807) is 24.3 Å². The zero-order valence-electron chi connectivity index (χ0n) is 28.2. The topological polar surface area (TPSA) is 146 Å². The molecule has 0 radical (unpaired) electrons. The first-order valence-electron chi connectivity index (χ1n) is 17.3. The summed E-state index contributed by atoms with van der Waals surface area (Å²) in [6.45, 7) is 2.57. The molecule has 6 rings (SSSR count). The fourth-order valence-electron chi connectivity index (χ4n) is 6.59. The largest absolute Gasteiger partial charge is 0.397 e. The Kier molecular flexibility index (Phi) is 11.9. The predicted molar refractivity (Wildman–Crippen MR) is 193 cm³/mol. The number of nitrogens with two attached hydrogens (primary N) is 1. The minimum Gasteiger partial charge on any atom is -0.397 e. The van der Waals surface area contributed by atoms with E-state index in [1.165, 1.54) is 0 Å². The van der Waals surface area contributed by atoms with E-state index in [0.717, 1.165) is 52.9 Å². The molecule has 4 atom stereocenters. The second kappa shape index (κ2) is 16.9. The van der Waals surface area contributed by atoms with Gasteiger partial charge in [-0.05, 0) is 52.8 Å². The number of nitrogens with one attached hydrogen (secondary N) is 2. The Labute approximate surface area is 293 Å². The van der Waals surface area contributed by atoms with Gasteiger partial charge < -0.3 is 36.1 Å². The Morgan fingerprint density at radius 3 is 2.32 bits per heavy atom. The number of carbonyl (C=O) groups excluding carboxylic acids is 2. The lowest BCUT2D eigenvalue weighted by molar-refractivity contribution is -0.252. The minimum atomic E-state index is -0.570. The van der Waals surface area contributed by atoms with Gasteiger partial charge in [-0.3, -0.25) is 14.5 Å². The molecule has 2 amide bonds. The van der Waals surface area contributed by atoms with Crippen LogP contribution in [0.15, 0.2) is 97.1 Å². The summed E-state index contributed by atoms with van der Waals surface area (Å²) in [6.07, 6.45) is 1.22. The highest BCUT2D eigenvalue weighted by Gasteiger charge is 2.34. The lowest BCUT2D eigenvalue weighted by Crippen LogP contribution is -2.38. The van der Waals surface area contributed by atoms with Gasteiger partial charge in [0.15, 0.2) is 6.29 Å². The fourth-order valence-corrected chi connectivity index (χ4v) is 6.59. The van der Waals surface area contributed by atoms with Crippen molar-refractivity contribution in [1.82, 2.24) is 10.2 Å². The number of rotatable bonds is 13. The van der Waals surface area contributed by atoms with Gasteiger partial charge >= 0.3 is 0 Å². The van der Waals surface area contributed by atoms with Crippen LogP contribution in [0.4, 0.5) is 11.4 Å². The van der Waals surface area contributed by atoms with Crippen LogP contribution in [0.25, 0.3) is 11.1 Å². The van der Waals surface area contributed by atoms with Crippen molar-refractivity contribution >= 4 is 23.2 Å². The number of β-amino-alcohol motifs (C(OH)–C–C–N with tert-alkyl or cyclic N) is 1. The van der Waals surface area contributed by atoms with Crippen molar-refractivity contribution in [3.05, 3.63) is 119 Å². The van der Waals surface area contributed by atoms with Crippen molar-refractivity contribution in [2.75, 3.05) is 30.7 Å². The molecule has 4 aromatic rings. The molecule has 2 saturated heterocycles. The first-order chi connectivity index (χ1) is 24.3. The van der Waals surface area contributed by atoms with Crippen molar-refractivity contribution in [2.45, 2.75) is 69.9 Å². The molecule has 50 heavy (non-hydrogen) atoms. The Morgan fingerprint density at radius 2 is 1.58 bits per heavy atom. The van der Waals surface area contributed by atoms with Gasteiger partial charge in [0.1, 0.15) is 0 Å². The Hall–Kier alpha value is -4.58. The molecule has 2 fully saturated rings. The van der Waals surface area contributed by atoms with Crippen molar-refractivity contribution in [2.24, 2.45) is 0 Å². The molecule has 0 aromatic heterocycles. The van der Waals surface area contributed by atoms with Crippen LogP contribution < -0.4 is 16.4 Å². The molecule has 2 heterocycles. The second-order valence-corrected chi connectivity index (χ2v) is 13.1. The van der Waals surface area contributed by atoms with E-state index >= 15 is 0 Å². The summed E-state index contributed by atoms with van der Waals surface area (Å²) < 4.78 is 13.1. The van der Waals surface area contributed by atoms with Crippen LogP contribution >= 0.6 is 0 Å². The summed E-state index contributed by atoms with van der Waals surface area (Å²) in [4.78, 5) is 27.2. The molecule has 6 N–H and O–H groups in total. The molecule has 262 valence electrons. The summed E-state index contributed by atoms with van der Waals surface area (Å²) in [5.74, 6) is -0.296. The first-order valence-corrected chi connectivity index (χ1v) is 17.3. The van der Waals surface area contributed by atoms with Crippen molar-refractivity contribution in [1.29, 1.82) is 0 Å². The van der Waals surface area contributed by atoms with Crippen LogP contribution in [0, 0.1) is 0 Å². The van der Waals surface area contributed by atoms with E-state index in [-0.39, 0.29) is 49.6 Å². The zero-order valence-corrected chi connectivity index (χ0v) is 28.2. The quantitative estimate of drug-likeness (QED) is 0.117. The molecule has 0 spiro atoms. The van der Waals surface area contributed by atoms with Gasteiger partial charge in [-0.15, -0.1) is 0 Å². The van der Waals surface area contributed by atoms with Crippen LogP contribution in [0.5, 0.6) is 0 Å². The van der Waals surface area contributed by atoms with Crippen LogP contribution in [0.3, 0.4) is 0 Å². The van der Waals surface area contributed by atoms with E-state index in [9.17, 15) is 19.8 Å². The minimum absolute atomic E-state index is 0.00843. The van der Waals surface area contributed by atoms with Gasteiger partial charge in [-0.1, -0.05) is 84.9 Å². The Balaban J connectivity index is 1.07. The summed E-state index contributed by atoms with van der Waals surface area (Å²) in [5.41, 5.74) is 12.8. The standard InChI is InChI=1S/C40H46N4O6/c41-35-8-3-4-9-36(35)43-39(48)11-5-10-38(47)42-23-31-6-1-2-7-34(31)28-16-18-30(19-17-28)40-49-33(25-44-21-20-32(46)24-44)22-37(50-40)29-14-12-27(26-45)13-15-29/h1-4,6-9,12-19,32-33,37,40,45-46H,5,10-11,20-26,41H2,(H,42,47)(H,43,48). The molecular weight excluding hydrogens is 632 g/mol. The summed E-state index contributed by atoms with van der Waals surface area (Å²) >= 11 is 0. The number of aliphatic hydroxyl groups excluding tert-OH is 2. The molecule has 0 saturated carbocycles. The number of hydrogen-bond donors (Lipinski definition) is 5. The molecule has 0 bridgehead atoms. The van der Waals surface area contributed by atoms with E-state index in [2.05, 4.69) is 15.5 Å². The first kappa shape index (κ1) is 35.3. The highest BCUT2D eigenvalue weighted by atomic mass is 16.7. The number of anilines is 2. The van der Waals surface area contributed by atoms with Gasteiger partial charge in [-0.2, -0.15) is 0 Å². The third-order valence-corrected chi connectivity index (χ3v) is 9.35. The third kappa shape index (κ3) is 9.35. The number of aliphatic hydroxyl groups is 2. The zero-order chi connectivity index (χ0) is 34.9. The Morgan fingerprint density at radius 1 is 0.860 bits per heavy atom. The maximum absolute atomic E-state index is 12.7. The molecule has 4 unspecified atom stereocenters. The van der Waals surface area contributed by atoms with Crippen LogP contribution in [0.1, 0.15) is 66.8 Å². The normalized spacial score (nSPS) is 20.8. The lowest BCUT2D eigenvalue weighted by Gasteiger charge is -2.38. The van der Waals surface area contributed by atoms with Gasteiger partial charge in [0.25, 0.3) is 0 Å². The number of nitrogens with zero attached hydrogens (tertiary/aromatic N) is 1. The number of nitrogen functional groups attached to an aromatic ring is 1. The SMILES string of the molecule is Nc1ccccc1NC(=O)CCCC(=O)NCc1ccccc1-c1ccc(C2OC(CN3CCC(O)C3)CC(c3ccc(CO)cc3)O2)cc1. The fraction of sp³-hybridized carbons (Fsp3) is 0.350. The van der Waals surface area contributed by atoms with Crippen molar-refractivity contribution in [3.8, 4) is 11.1 Å². The monoisotopic (exact) mass is 678 g/mol. The number of hydrogen-bond acceptors (Lipinski definition) is 8. The van der Waals surface area contributed by atoms with E-state index in [0.29, 0.717) is 37.3 Å². The number of amides is 2. The van der Waals surface area contributed by atoms with Crippen LogP contribution in [0.2, 0.25) is 0 Å². The van der Waals surface area contributed by atoms with Gasteiger partial charge in [0.2, 0.25) is 11.8 Å².